The Morgan fingerprint density at radius 2 is 1.76 bits per heavy atom. The number of halogens is 4. The van der Waals surface area contributed by atoms with Gasteiger partial charge in [0.2, 0.25) is 0 Å². The van der Waals surface area contributed by atoms with Crippen molar-refractivity contribution in [1.82, 2.24) is 4.90 Å². The summed E-state index contributed by atoms with van der Waals surface area (Å²) < 4.78 is 0. The van der Waals surface area contributed by atoms with Gasteiger partial charge in [-0.25, -0.2) is 0 Å². The minimum atomic E-state index is -0.312. The maximum atomic E-state index is 12.4. The van der Waals surface area contributed by atoms with Crippen molar-refractivity contribution < 1.29 is 4.79 Å². The first-order chi connectivity index (χ1) is 9.96. The van der Waals surface area contributed by atoms with E-state index in [2.05, 4.69) is 0 Å². The number of hydrogen-bond acceptors (Lipinski definition) is 2. The molecule has 2 nitrogen and oxygen atoms in total. The van der Waals surface area contributed by atoms with Crippen molar-refractivity contribution in [3.05, 3.63) is 29.8 Å². The molecule has 7 heteroatoms. The van der Waals surface area contributed by atoms with Crippen molar-refractivity contribution in [3.8, 4) is 0 Å². The minimum absolute atomic E-state index is 0.105. The van der Waals surface area contributed by atoms with E-state index >= 15 is 0 Å². The van der Waals surface area contributed by atoms with Crippen LogP contribution in [0.2, 0.25) is 0 Å². The number of amides is 1. The largest absolute Gasteiger partial charge is 0.330 e. The van der Waals surface area contributed by atoms with Crippen LogP contribution in [-0.2, 0) is 0 Å². The second-order valence-electron chi connectivity index (χ2n) is 4.59. The Bertz CT molecular complexity index is 448. The first-order valence-corrected chi connectivity index (χ1v) is 9.15. The third kappa shape index (κ3) is 7.34. The van der Waals surface area contributed by atoms with E-state index in [4.69, 9.17) is 46.4 Å². The molecule has 1 aromatic rings. The molecule has 0 aliphatic heterocycles. The topological polar surface area (TPSA) is 20.3 Å². The first-order valence-electron chi connectivity index (χ1n) is 6.39. The molecule has 0 saturated heterocycles. The fraction of sp³-hybridized carbons (Fsp3) is 0.500. The molecule has 1 rings (SSSR count). The molecule has 0 aliphatic carbocycles. The van der Waals surface area contributed by atoms with E-state index in [1.165, 1.54) is 0 Å². The number of carbonyl (C=O) groups excluding carboxylic acids is 1. The zero-order valence-corrected chi connectivity index (χ0v) is 15.4. The number of thioether (sulfide) groups is 1. The Labute approximate surface area is 150 Å². The fourth-order valence-electron chi connectivity index (χ4n) is 1.64. The van der Waals surface area contributed by atoms with Gasteiger partial charge in [-0.05, 0) is 30.8 Å². The highest BCUT2D eigenvalue weighted by Gasteiger charge is 2.21. The number of carbonyl (C=O) groups is 1. The highest BCUT2D eigenvalue weighted by atomic mass is 35.5. The second-order valence-corrected chi connectivity index (χ2v) is 7.47. The second kappa shape index (κ2) is 10.1. The van der Waals surface area contributed by atoms with Crippen molar-refractivity contribution in [1.29, 1.82) is 0 Å². The van der Waals surface area contributed by atoms with Crippen molar-refractivity contribution in [2.75, 3.05) is 24.8 Å². The summed E-state index contributed by atoms with van der Waals surface area (Å²) in [6.07, 6.45) is 0. The average Bonchev–Trinajstić information content (AvgIpc) is 2.46. The monoisotopic (exact) mass is 387 g/mol. The summed E-state index contributed by atoms with van der Waals surface area (Å²) >= 11 is 24.7. The Kier molecular flexibility index (Phi) is 9.22. The SMILES string of the molecule is Cc1cccc(SC(=O)N(CC(Cl)CCl)CC(Cl)CCl)c1. The van der Waals surface area contributed by atoms with Crippen LogP contribution in [0.4, 0.5) is 4.79 Å². The molecule has 0 heterocycles. The lowest BCUT2D eigenvalue weighted by Crippen LogP contribution is -2.38. The van der Waals surface area contributed by atoms with Crippen LogP contribution in [0.5, 0.6) is 0 Å². The molecule has 0 aromatic heterocycles. The lowest BCUT2D eigenvalue weighted by atomic mass is 10.2. The number of aryl methyl sites for hydroxylation is 1. The minimum Gasteiger partial charge on any atom is -0.330 e. The predicted molar refractivity (Wildman–Crippen MR) is 94.7 cm³/mol. The van der Waals surface area contributed by atoms with Crippen molar-refractivity contribution >= 4 is 63.4 Å². The molecule has 0 spiro atoms. The summed E-state index contributed by atoms with van der Waals surface area (Å²) in [5, 5.41) is -0.729. The molecule has 21 heavy (non-hydrogen) atoms. The Balaban J connectivity index is 2.73. The van der Waals surface area contributed by atoms with E-state index < -0.39 is 0 Å². The third-order valence-electron chi connectivity index (χ3n) is 2.62. The molecule has 0 radical (unpaired) electrons. The molecule has 0 N–H and O–H groups in total. The average molecular weight is 389 g/mol. The molecular formula is C14H17Cl4NOS. The van der Waals surface area contributed by atoms with Crippen molar-refractivity contribution in [2.45, 2.75) is 22.6 Å². The van der Waals surface area contributed by atoms with Gasteiger partial charge in [-0.1, -0.05) is 17.7 Å². The molecule has 0 saturated carbocycles. The Morgan fingerprint density at radius 1 is 1.19 bits per heavy atom. The molecule has 1 aromatic carbocycles. The Hall–Kier alpha value is 0.200. The molecule has 0 fully saturated rings. The molecule has 1 amide bonds. The maximum Gasteiger partial charge on any atom is 0.286 e. The van der Waals surface area contributed by atoms with E-state index in [-0.39, 0.29) is 27.8 Å². The van der Waals surface area contributed by atoms with Gasteiger partial charge >= 0.3 is 0 Å². The van der Waals surface area contributed by atoms with Crippen LogP contribution in [0.1, 0.15) is 5.56 Å². The van der Waals surface area contributed by atoms with Gasteiger partial charge in [0.25, 0.3) is 5.24 Å². The van der Waals surface area contributed by atoms with E-state index in [0.717, 1.165) is 22.2 Å². The summed E-state index contributed by atoms with van der Waals surface area (Å²) in [4.78, 5) is 14.9. The number of nitrogens with zero attached hydrogens (tertiary/aromatic N) is 1. The van der Waals surface area contributed by atoms with Crippen LogP contribution in [0.15, 0.2) is 29.2 Å². The van der Waals surface area contributed by atoms with Crippen LogP contribution in [0.25, 0.3) is 0 Å². The molecule has 2 unspecified atom stereocenters. The van der Waals surface area contributed by atoms with Crippen LogP contribution >= 0.6 is 58.2 Å². The third-order valence-corrected chi connectivity index (χ3v) is 5.19. The molecule has 118 valence electrons. The van der Waals surface area contributed by atoms with E-state index in [9.17, 15) is 4.79 Å². The molecule has 0 aliphatic rings. The molecule has 0 bridgehead atoms. The predicted octanol–water partition coefficient (Wildman–Crippen LogP) is 5.20. The number of benzene rings is 1. The number of hydrogen-bond donors (Lipinski definition) is 0. The van der Waals surface area contributed by atoms with Gasteiger partial charge in [0.05, 0.1) is 10.8 Å². The summed E-state index contributed by atoms with van der Waals surface area (Å²) in [5.41, 5.74) is 1.10. The van der Waals surface area contributed by atoms with E-state index in [1.54, 1.807) is 4.90 Å². The van der Waals surface area contributed by atoms with Gasteiger partial charge in [-0.3, -0.25) is 4.79 Å². The van der Waals surface area contributed by atoms with Crippen LogP contribution in [0, 0.1) is 6.92 Å². The summed E-state index contributed by atoms with van der Waals surface area (Å²) in [5.74, 6) is 0.544. The van der Waals surface area contributed by atoms with Crippen LogP contribution in [-0.4, -0.2) is 45.7 Å². The highest BCUT2D eigenvalue weighted by molar-refractivity contribution is 8.13. The normalized spacial score (nSPS) is 13.8. The van der Waals surface area contributed by atoms with Crippen molar-refractivity contribution in [2.24, 2.45) is 0 Å². The summed E-state index contributed by atoms with van der Waals surface area (Å²) in [6.45, 7) is 2.68. The van der Waals surface area contributed by atoms with E-state index in [0.29, 0.717) is 13.1 Å². The smallest absolute Gasteiger partial charge is 0.286 e. The Morgan fingerprint density at radius 3 is 2.24 bits per heavy atom. The first kappa shape index (κ1) is 19.2. The molecular weight excluding hydrogens is 372 g/mol. The zero-order valence-electron chi connectivity index (χ0n) is 11.6. The maximum absolute atomic E-state index is 12.4. The summed E-state index contributed by atoms with van der Waals surface area (Å²) in [6, 6.07) is 7.76. The highest BCUT2D eigenvalue weighted by Crippen LogP contribution is 2.23. The standard InChI is InChI=1S/C14H17Cl4NOS/c1-10-3-2-4-13(5-10)21-14(20)19(8-11(17)6-15)9-12(18)7-16/h2-5,11-12H,6-9H2,1H3. The van der Waals surface area contributed by atoms with Gasteiger partial charge in [0.1, 0.15) is 0 Å². The quantitative estimate of drug-likeness (QED) is 0.472. The zero-order chi connectivity index (χ0) is 15.8. The summed E-state index contributed by atoms with van der Waals surface area (Å²) in [7, 11) is 0. The van der Waals surface area contributed by atoms with Crippen molar-refractivity contribution in [3.63, 3.8) is 0 Å². The number of alkyl halides is 4. The van der Waals surface area contributed by atoms with Crippen LogP contribution in [0.3, 0.4) is 0 Å². The lowest BCUT2D eigenvalue weighted by Gasteiger charge is -2.25. The van der Waals surface area contributed by atoms with Gasteiger partial charge < -0.3 is 4.90 Å². The lowest BCUT2D eigenvalue weighted by molar-refractivity contribution is 0.224. The van der Waals surface area contributed by atoms with Gasteiger partial charge in [0, 0.05) is 29.7 Å². The van der Waals surface area contributed by atoms with E-state index in [1.807, 2.05) is 31.2 Å². The van der Waals surface area contributed by atoms with Gasteiger partial charge in [-0.2, -0.15) is 0 Å². The van der Waals surface area contributed by atoms with Gasteiger partial charge in [0.15, 0.2) is 0 Å². The number of rotatable bonds is 7. The van der Waals surface area contributed by atoms with Crippen LogP contribution < -0.4 is 0 Å². The van der Waals surface area contributed by atoms with Gasteiger partial charge in [-0.15, -0.1) is 46.4 Å². The fourth-order valence-corrected chi connectivity index (χ4v) is 3.04. The molecule has 2 atom stereocenters.